The number of carbonyl (C=O) groups is 2. The third-order valence-corrected chi connectivity index (χ3v) is 6.36. The molecule has 0 saturated carbocycles. The summed E-state index contributed by atoms with van der Waals surface area (Å²) >= 11 is 0. The Bertz CT molecular complexity index is 931. The van der Waals surface area contributed by atoms with E-state index >= 15 is 0 Å². The topological polar surface area (TPSA) is 164 Å². The van der Waals surface area contributed by atoms with E-state index < -0.39 is 12.0 Å². The number of aromatic amines is 1. The van der Waals surface area contributed by atoms with Gasteiger partial charge in [-0.3, -0.25) is 9.59 Å². The normalized spacial score (nSPS) is 24.4. The number of carboxylic acids is 1. The van der Waals surface area contributed by atoms with E-state index in [2.05, 4.69) is 53.7 Å². The lowest BCUT2D eigenvalue weighted by Gasteiger charge is -2.22. The summed E-state index contributed by atoms with van der Waals surface area (Å²) in [6.45, 7) is 0. The van der Waals surface area contributed by atoms with Gasteiger partial charge in [0.15, 0.2) is 5.82 Å². The van der Waals surface area contributed by atoms with Crippen molar-refractivity contribution < 1.29 is 23.7 Å². The number of ketones is 1. The second kappa shape index (κ2) is 11.0. The zero-order valence-corrected chi connectivity index (χ0v) is 20.1. The largest absolute Gasteiger partial charge is 0.480 e. The fourth-order valence-corrected chi connectivity index (χ4v) is 4.82. The predicted octanol–water partition coefficient (Wildman–Crippen LogP) is 1.06. The molecule has 0 bridgehead atoms. The Morgan fingerprint density at radius 1 is 1.29 bits per heavy atom. The second-order valence-corrected chi connectivity index (χ2v) is 8.20. The van der Waals surface area contributed by atoms with Crippen molar-refractivity contribution in [3.8, 4) is 0 Å². The number of anilines is 1. The van der Waals surface area contributed by atoms with Gasteiger partial charge in [0.2, 0.25) is 0 Å². The number of nitrogens with zero attached hydrogens (tertiary/aromatic N) is 2. The fourth-order valence-electron chi connectivity index (χ4n) is 3.94. The molecule has 3 rings (SSSR count). The van der Waals surface area contributed by atoms with Gasteiger partial charge in [-0.25, -0.2) is 9.97 Å². The lowest BCUT2D eigenvalue weighted by atomic mass is 9.99. The molecule has 2 aromatic heterocycles. The molecule has 0 radical (unpaired) electrons. The van der Waals surface area contributed by atoms with Crippen molar-refractivity contribution in [3.63, 3.8) is 0 Å². The Kier molecular flexibility index (Phi) is 8.65. The van der Waals surface area contributed by atoms with E-state index in [9.17, 15) is 9.59 Å². The van der Waals surface area contributed by atoms with Crippen LogP contribution in [0.2, 0.25) is 0 Å². The molecule has 4 unspecified atom stereocenters. The van der Waals surface area contributed by atoms with Crippen molar-refractivity contribution in [2.24, 2.45) is 5.73 Å². The molecule has 14 heteroatoms. The van der Waals surface area contributed by atoms with Crippen LogP contribution in [0, 0.1) is 0 Å². The molecule has 11 nitrogen and oxygen atoms in total. The number of aromatic nitrogens is 3. The number of hydrogen-bond donors (Lipinski definition) is 5. The van der Waals surface area contributed by atoms with Crippen LogP contribution >= 0.6 is 28.3 Å². The van der Waals surface area contributed by atoms with Crippen LogP contribution < -0.4 is 16.1 Å². The molecule has 1 saturated heterocycles. The highest BCUT2D eigenvalue weighted by molar-refractivity contribution is 7.18. The fraction of sp³-hybridized carbons (Fsp3) is 0.529. The number of hydrogen-bond acceptors (Lipinski definition) is 9. The molecule has 0 aliphatic carbocycles. The summed E-state index contributed by atoms with van der Waals surface area (Å²) in [4.78, 5) is 34.7. The third kappa shape index (κ3) is 5.37. The van der Waals surface area contributed by atoms with Crippen molar-refractivity contribution >= 4 is 56.9 Å². The molecular weight excluding hydrogens is 461 g/mol. The average Bonchev–Trinajstić information content (AvgIpc) is 3.33. The zero-order chi connectivity index (χ0) is 22.5. The molecule has 8 atom stereocenters. The SMILES string of the molecule is NC(CC(=O)CCC[C@H]1N[C@@H](c2c[nH]c3c(NP)ncnc23)[C@H](OP)[C@@H]1OP)C(=O)O. The van der Waals surface area contributed by atoms with Crippen LogP contribution in [0.1, 0.15) is 37.3 Å². The van der Waals surface area contributed by atoms with Crippen molar-refractivity contribution in [3.05, 3.63) is 18.1 Å². The number of aliphatic carboxylic acids is 1. The Morgan fingerprint density at radius 2 is 2.03 bits per heavy atom. The quantitative estimate of drug-likeness (QED) is 0.289. The van der Waals surface area contributed by atoms with E-state index in [1.54, 1.807) is 0 Å². The summed E-state index contributed by atoms with van der Waals surface area (Å²) < 4.78 is 11.3. The molecule has 1 aliphatic rings. The molecule has 6 N–H and O–H groups in total. The summed E-state index contributed by atoms with van der Waals surface area (Å²) in [5, 5.41) is 15.3. The van der Waals surface area contributed by atoms with Gasteiger partial charge in [0, 0.05) is 49.6 Å². The number of Topliss-reactive ketones (excluding diaryl/α,β-unsaturated/α-hetero) is 1. The molecule has 1 fully saturated rings. The number of nitrogens with one attached hydrogen (secondary N) is 3. The zero-order valence-electron chi connectivity index (χ0n) is 16.7. The Morgan fingerprint density at radius 3 is 2.68 bits per heavy atom. The maximum absolute atomic E-state index is 12.0. The lowest BCUT2D eigenvalue weighted by molar-refractivity contribution is -0.140. The first kappa shape index (κ1) is 24.3. The Hall–Kier alpha value is -1.31. The monoisotopic (exact) mass is 488 g/mol. The van der Waals surface area contributed by atoms with Crippen molar-refractivity contribution in [2.45, 2.75) is 56.0 Å². The minimum atomic E-state index is -1.17. The average molecular weight is 488 g/mol. The minimum absolute atomic E-state index is 0.0832. The number of rotatable bonds is 11. The Labute approximate surface area is 186 Å². The molecule has 170 valence electrons. The maximum atomic E-state index is 12.0. The summed E-state index contributed by atoms with van der Waals surface area (Å²) in [6, 6.07) is -1.45. The van der Waals surface area contributed by atoms with Crippen molar-refractivity contribution in [1.29, 1.82) is 0 Å². The van der Waals surface area contributed by atoms with E-state index in [-0.39, 0.29) is 42.9 Å². The highest BCUT2D eigenvalue weighted by atomic mass is 31.0. The first-order valence-corrected chi connectivity index (χ1v) is 11.2. The van der Waals surface area contributed by atoms with Gasteiger partial charge in [0.1, 0.15) is 35.9 Å². The summed E-state index contributed by atoms with van der Waals surface area (Å²) in [7, 11) is 7.00. The highest BCUT2D eigenvalue weighted by Gasteiger charge is 2.45. The van der Waals surface area contributed by atoms with Crippen LogP contribution in [0.3, 0.4) is 0 Å². The van der Waals surface area contributed by atoms with Crippen molar-refractivity contribution in [2.75, 3.05) is 5.09 Å². The van der Waals surface area contributed by atoms with E-state index in [4.69, 9.17) is 19.9 Å². The molecule has 3 heterocycles. The maximum Gasteiger partial charge on any atom is 0.320 e. The van der Waals surface area contributed by atoms with E-state index in [1.165, 1.54) is 6.33 Å². The first-order valence-electron chi connectivity index (χ1n) is 9.67. The molecule has 0 spiro atoms. The number of nitrogens with two attached hydrogens (primary N) is 1. The molecule has 0 aromatic carbocycles. The van der Waals surface area contributed by atoms with Gasteiger partial charge in [-0.1, -0.05) is 0 Å². The first-order chi connectivity index (χ1) is 14.9. The highest BCUT2D eigenvalue weighted by Crippen LogP contribution is 2.38. The second-order valence-electron chi connectivity index (χ2n) is 7.37. The van der Waals surface area contributed by atoms with Crippen LogP contribution in [0.4, 0.5) is 5.82 Å². The summed E-state index contributed by atoms with van der Waals surface area (Å²) in [5.41, 5.74) is 7.91. The van der Waals surface area contributed by atoms with Crippen LogP contribution in [-0.2, 0) is 18.6 Å². The molecule has 31 heavy (non-hydrogen) atoms. The van der Waals surface area contributed by atoms with Gasteiger partial charge in [-0.2, -0.15) is 0 Å². The van der Waals surface area contributed by atoms with Crippen LogP contribution in [0.25, 0.3) is 11.0 Å². The number of carbonyl (C=O) groups excluding carboxylic acids is 1. The van der Waals surface area contributed by atoms with Crippen LogP contribution in [0.5, 0.6) is 0 Å². The van der Waals surface area contributed by atoms with E-state index in [1.807, 2.05) is 6.20 Å². The smallest absolute Gasteiger partial charge is 0.320 e. The number of fused-ring (bicyclic) bond motifs is 1. The summed E-state index contributed by atoms with van der Waals surface area (Å²) in [6.07, 6.45) is 4.07. The van der Waals surface area contributed by atoms with Gasteiger partial charge in [0.05, 0.1) is 11.6 Å². The van der Waals surface area contributed by atoms with Gasteiger partial charge in [-0.15, -0.1) is 0 Å². The van der Waals surface area contributed by atoms with Crippen molar-refractivity contribution in [1.82, 2.24) is 20.3 Å². The van der Waals surface area contributed by atoms with Crippen LogP contribution in [0.15, 0.2) is 12.5 Å². The van der Waals surface area contributed by atoms with Gasteiger partial charge >= 0.3 is 5.97 Å². The van der Waals surface area contributed by atoms with E-state index in [0.29, 0.717) is 18.7 Å². The third-order valence-electron chi connectivity index (χ3n) is 5.46. The summed E-state index contributed by atoms with van der Waals surface area (Å²) in [5.74, 6) is -0.679. The molecule has 0 amide bonds. The molecule has 1 aliphatic heterocycles. The predicted molar refractivity (Wildman–Crippen MR) is 125 cm³/mol. The van der Waals surface area contributed by atoms with Crippen LogP contribution in [-0.4, -0.2) is 56.1 Å². The van der Waals surface area contributed by atoms with Gasteiger partial charge < -0.3 is 35.3 Å². The standard InChI is InChI=1S/C17H27N6O5P3/c18-9(17(25)26)4-7(24)2-1-3-10-14(27-30)15(28-31)12(22-10)8-5-19-13-11(8)20-6-21-16(13)23-29/h5-6,9-10,12,14-15,19,22H,1-4,18,29-31H2,(H,25,26)(H,20,21,23)/t9?,10-,12+,14-,15+/m1/s1. The number of H-pyrrole nitrogens is 1. The lowest BCUT2D eigenvalue weighted by Crippen LogP contribution is -2.34. The molecular formula is C17H27N6O5P3. The van der Waals surface area contributed by atoms with Gasteiger partial charge in [-0.05, 0) is 22.2 Å². The molecule has 2 aromatic rings. The Balaban J connectivity index is 1.70. The van der Waals surface area contributed by atoms with E-state index in [0.717, 1.165) is 16.6 Å². The van der Waals surface area contributed by atoms with Gasteiger partial charge in [0.25, 0.3) is 0 Å². The number of carboxylic acid groups (broad SMARTS) is 1. The minimum Gasteiger partial charge on any atom is -0.480 e.